The Morgan fingerprint density at radius 2 is 1.76 bits per heavy atom. The molecule has 0 fully saturated rings. The molecule has 0 radical (unpaired) electrons. The fraction of sp³-hybridized carbons (Fsp3) is 0.0870. The Labute approximate surface area is 165 Å². The lowest BCUT2D eigenvalue weighted by molar-refractivity contribution is 0.596. The molecular weight excluding hydrogens is 367 g/mol. The van der Waals surface area contributed by atoms with E-state index in [1.54, 1.807) is 28.9 Å². The molecule has 5 nitrogen and oxygen atoms in total. The van der Waals surface area contributed by atoms with Gasteiger partial charge in [0.2, 0.25) is 0 Å². The van der Waals surface area contributed by atoms with Crippen LogP contribution >= 0.6 is 0 Å². The predicted molar refractivity (Wildman–Crippen MR) is 111 cm³/mol. The van der Waals surface area contributed by atoms with Crippen molar-refractivity contribution in [2.45, 2.75) is 6.54 Å². The lowest BCUT2D eigenvalue weighted by Crippen LogP contribution is -2.21. The van der Waals surface area contributed by atoms with Gasteiger partial charge in [-0.05, 0) is 41.5 Å². The Balaban J connectivity index is 1.49. The zero-order chi connectivity index (χ0) is 20.0. The van der Waals surface area contributed by atoms with Gasteiger partial charge in [0.1, 0.15) is 5.82 Å². The third-order valence-electron chi connectivity index (χ3n) is 5.08. The minimum atomic E-state index is -0.353. The van der Waals surface area contributed by atoms with E-state index in [0.717, 1.165) is 22.0 Å². The molecule has 2 aromatic heterocycles. The van der Waals surface area contributed by atoms with Crippen LogP contribution in [-0.2, 0) is 13.6 Å². The Morgan fingerprint density at radius 1 is 0.966 bits per heavy atom. The molecule has 0 unspecified atom stereocenters. The SMILES string of the molecule is Cn1cc2cc(-c3ccc(Cn4cnc5ccccc5c4=O)c(F)c3)ccc2n1. The molecule has 0 saturated carbocycles. The molecule has 0 amide bonds. The summed E-state index contributed by atoms with van der Waals surface area (Å²) in [5, 5.41) is 5.89. The Morgan fingerprint density at radius 3 is 2.62 bits per heavy atom. The monoisotopic (exact) mass is 384 g/mol. The second-order valence-electron chi connectivity index (χ2n) is 7.08. The first kappa shape index (κ1) is 17.3. The van der Waals surface area contributed by atoms with E-state index in [0.29, 0.717) is 16.5 Å². The van der Waals surface area contributed by atoms with Gasteiger partial charge >= 0.3 is 0 Å². The first-order chi connectivity index (χ1) is 14.1. The summed E-state index contributed by atoms with van der Waals surface area (Å²) in [6.07, 6.45) is 3.40. The number of hydrogen-bond acceptors (Lipinski definition) is 3. The van der Waals surface area contributed by atoms with Crippen molar-refractivity contribution >= 4 is 21.8 Å². The van der Waals surface area contributed by atoms with Crippen LogP contribution in [0.1, 0.15) is 5.56 Å². The number of nitrogens with zero attached hydrogens (tertiary/aromatic N) is 4. The van der Waals surface area contributed by atoms with Gasteiger partial charge in [-0.1, -0.05) is 30.3 Å². The van der Waals surface area contributed by atoms with Crippen molar-refractivity contribution < 1.29 is 4.39 Å². The molecule has 29 heavy (non-hydrogen) atoms. The van der Waals surface area contributed by atoms with Crippen molar-refractivity contribution in [2.75, 3.05) is 0 Å². The molecule has 0 saturated heterocycles. The average molecular weight is 384 g/mol. The van der Waals surface area contributed by atoms with E-state index in [1.165, 1.54) is 17.0 Å². The molecule has 2 heterocycles. The van der Waals surface area contributed by atoms with Crippen LogP contribution in [0.5, 0.6) is 0 Å². The fourth-order valence-corrected chi connectivity index (χ4v) is 3.59. The summed E-state index contributed by atoms with van der Waals surface area (Å²) in [7, 11) is 1.87. The molecule has 0 atom stereocenters. The van der Waals surface area contributed by atoms with Gasteiger partial charge in [-0.25, -0.2) is 9.37 Å². The van der Waals surface area contributed by atoms with E-state index >= 15 is 0 Å². The van der Waals surface area contributed by atoms with Gasteiger partial charge in [0.25, 0.3) is 5.56 Å². The molecule has 5 rings (SSSR count). The molecule has 0 spiro atoms. The van der Waals surface area contributed by atoms with Crippen molar-refractivity contribution in [3.63, 3.8) is 0 Å². The second-order valence-corrected chi connectivity index (χ2v) is 7.08. The molecule has 0 aliphatic carbocycles. The molecule has 0 bridgehead atoms. The van der Waals surface area contributed by atoms with E-state index in [1.807, 2.05) is 43.6 Å². The summed E-state index contributed by atoms with van der Waals surface area (Å²) in [6.45, 7) is 0.129. The normalized spacial score (nSPS) is 11.4. The van der Waals surface area contributed by atoms with Crippen LogP contribution in [0.25, 0.3) is 32.9 Å². The van der Waals surface area contributed by atoms with Crippen LogP contribution in [0, 0.1) is 5.82 Å². The summed E-state index contributed by atoms with van der Waals surface area (Å²) in [5.41, 5.74) is 3.49. The van der Waals surface area contributed by atoms with Crippen molar-refractivity contribution in [3.05, 3.63) is 94.9 Å². The summed E-state index contributed by atoms with van der Waals surface area (Å²) in [4.78, 5) is 16.9. The molecule has 142 valence electrons. The highest BCUT2D eigenvalue weighted by molar-refractivity contribution is 5.84. The largest absolute Gasteiger partial charge is 0.294 e. The first-order valence-electron chi connectivity index (χ1n) is 9.25. The Bertz CT molecular complexity index is 1430. The van der Waals surface area contributed by atoms with E-state index in [2.05, 4.69) is 10.1 Å². The van der Waals surface area contributed by atoms with Gasteiger partial charge in [-0.2, -0.15) is 5.10 Å². The number of hydrogen-bond donors (Lipinski definition) is 0. The maximum Gasteiger partial charge on any atom is 0.261 e. The smallest absolute Gasteiger partial charge is 0.261 e. The molecule has 3 aromatic carbocycles. The molecule has 0 aliphatic rings. The van der Waals surface area contributed by atoms with Crippen LogP contribution in [-0.4, -0.2) is 19.3 Å². The zero-order valence-corrected chi connectivity index (χ0v) is 15.7. The third-order valence-corrected chi connectivity index (χ3v) is 5.08. The lowest BCUT2D eigenvalue weighted by atomic mass is 10.0. The molecular formula is C23H17FN4O. The summed E-state index contributed by atoms with van der Waals surface area (Å²) >= 11 is 0. The number of benzene rings is 3. The van der Waals surface area contributed by atoms with Gasteiger partial charge in [-0.15, -0.1) is 0 Å². The molecule has 6 heteroatoms. The summed E-state index contributed by atoms with van der Waals surface area (Å²) in [5.74, 6) is -0.353. The summed E-state index contributed by atoms with van der Waals surface area (Å²) < 4.78 is 18.0. The number of fused-ring (bicyclic) bond motifs is 2. The summed E-state index contributed by atoms with van der Waals surface area (Å²) in [6, 6.07) is 18.1. The highest BCUT2D eigenvalue weighted by Gasteiger charge is 2.10. The minimum Gasteiger partial charge on any atom is -0.294 e. The predicted octanol–water partition coefficient (Wildman–Crippen LogP) is 4.14. The van der Waals surface area contributed by atoms with Crippen LogP contribution in [0.15, 0.2) is 78.0 Å². The van der Waals surface area contributed by atoms with Gasteiger partial charge in [0.15, 0.2) is 0 Å². The first-order valence-corrected chi connectivity index (χ1v) is 9.25. The average Bonchev–Trinajstić information content (AvgIpc) is 3.10. The zero-order valence-electron chi connectivity index (χ0n) is 15.7. The quantitative estimate of drug-likeness (QED) is 0.470. The highest BCUT2D eigenvalue weighted by Crippen LogP contribution is 2.25. The van der Waals surface area contributed by atoms with Crippen molar-refractivity contribution in [1.82, 2.24) is 19.3 Å². The van der Waals surface area contributed by atoms with Crippen molar-refractivity contribution in [2.24, 2.45) is 7.05 Å². The number of aryl methyl sites for hydroxylation is 1. The van der Waals surface area contributed by atoms with Crippen LogP contribution in [0.3, 0.4) is 0 Å². The maximum atomic E-state index is 14.8. The highest BCUT2D eigenvalue weighted by atomic mass is 19.1. The van der Waals surface area contributed by atoms with Gasteiger partial charge in [-0.3, -0.25) is 14.0 Å². The minimum absolute atomic E-state index is 0.129. The van der Waals surface area contributed by atoms with E-state index in [-0.39, 0.29) is 17.9 Å². The van der Waals surface area contributed by atoms with Crippen LogP contribution in [0.4, 0.5) is 4.39 Å². The lowest BCUT2D eigenvalue weighted by Gasteiger charge is -2.09. The Kier molecular flexibility index (Phi) is 3.98. The van der Waals surface area contributed by atoms with E-state index in [4.69, 9.17) is 0 Å². The Hall–Kier alpha value is -3.80. The standard InChI is InChI=1S/C23H17FN4O/c1-27-12-18-10-15(8-9-21(18)26-27)16-6-7-17(20(24)11-16)13-28-14-25-22-5-3-2-4-19(22)23(28)29/h2-12,14H,13H2,1H3. The van der Waals surface area contributed by atoms with Crippen molar-refractivity contribution in [3.8, 4) is 11.1 Å². The van der Waals surface area contributed by atoms with E-state index < -0.39 is 0 Å². The maximum absolute atomic E-state index is 14.8. The topological polar surface area (TPSA) is 52.7 Å². The number of halogens is 1. The van der Waals surface area contributed by atoms with Gasteiger partial charge in [0.05, 0.1) is 29.3 Å². The molecule has 0 aliphatic heterocycles. The van der Waals surface area contributed by atoms with Gasteiger partial charge in [0, 0.05) is 24.2 Å². The fourth-order valence-electron chi connectivity index (χ4n) is 3.59. The third kappa shape index (κ3) is 3.08. The van der Waals surface area contributed by atoms with E-state index in [9.17, 15) is 9.18 Å². The molecule has 5 aromatic rings. The molecule has 0 N–H and O–H groups in total. The van der Waals surface area contributed by atoms with Crippen molar-refractivity contribution in [1.29, 1.82) is 0 Å². The number of para-hydroxylation sites is 1. The number of aromatic nitrogens is 4. The number of rotatable bonds is 3. The van der Waals surface area contributed by atoms with Gasteiger partial charge < -0.3 is 0 Å². The second kappa shape index (κ2) is 6.67. The van der Waals surface area contributed by atoms with Crippen LogP contribution in [0.2, 0.25) is 0 Å². The van der Waals surface area contributed by atoms with Crippen LogP contribution < -0.4 is 5.56 Å².